The third-order valence-corrected chi connectivity index (χ3v) is 4.37. The van der Waals surface area contributed by atoms with Gasteiger partial charge in [0.2, 0.25) is 0 Å². The maximum atomic E-state index is 9.08. The van der Waals surface area contributed by atoms with E-state index in [1.807, 2.05) is 0 Å². The van der Waals surface area contributed by atoms with E-state index >= 15 is 0 Å². The molecule has 0 rings (SSSR count). The summed E-state index contributed by atoms with van der Waals surface area (Å²) in [6.07, 6.45) is 3.25. The monoisotopic (exact) mass is 286 g/mol. The first-order chi connectivity index (χ1) is 9.19. The molecule has 0 fully saturated rings. The van der Waals surface area contributed by atoms with Crippen molar-refractivity contribution in [1.82, 2.24) is 10.2 Å². The fourth-order valence-electron chi connectivity index (χ4n) is 2.46. The van der Waals surface area contributed by atoms with Crippen molar-refractivity contribution in [3.8, 4) is 0 Å². The number of rotatable bonds is 10. The highest BCUT2D eigenvalue weighted by atomic mass is 16.3. The molecule has 0 unspecified atom stereocenters. The van der Waals surface area contributed by atoms with Gasteiger partial charge >= 0.3 is 0 Å². The zero-order valence-corrected chi connectivity index (χ0v) is 14.9. The molecule has 0 atom stereocenters. The van der Waals surface area contributed by atoms with Crippen molar-refractivity contribution in [3.05, 3.63) is 0 Å². The van der Waals surface area contributed by atoms with E-state index in [0.717, 1.165) is 26.1 Å². The summed E-state index contributed by atoms with van der Waals surface area (Å²) < 4.78 is 0. The molecule has 2 N–H and O–H groups in total. The summed E-state index contributed by atoms with van der Waals surface area (Å²) in [4.78, 5) is 2.52. The highest BCUT2D eigenvalue weighted by Crippen LogP contribution is 2.28. The van der Waals surface area contributed by atoms with E-state index in [4.69, 9.17) is 5.11 Å². The van der Waals surface area contributed by atoms with Crippen LogP contribution in [0.3, 0.4) is 0 Å². The van der Waals surface area contributed by atoms with Gasteiger partial charge in [-0.05, 0) is 59.3 Å². The Morgan fingerprint density at radius 1 is 1.10 bits per heavy atom. The van der Waals surface area contributed by atoms with Gasteiger partial charge < -0.3 is 15.3 Å². The molecule has 0 bridgehead atoms. The lowest BCUT2D eigenvalue weighted by Crippen LogP contribution is -2.50. The minimum atomic E-state index is 0.170. The maximum Gasteiger partial charge on any atom is 0.0443 e. The van der Waals surface area contributed by atoms with E-state index < -0.39 is 0 Å². The number of nitrogens with zero attached hydrogens (tertiary/aromatic N) is 1. The maximum absolute atomic E-state index is 9.08. The summed E-state index contributed by atoms with van der Waals surface area (Å²) in [6, 6.07) is 0.536. The smallest absolute Gasteiger partial charge is 0.0443 e. The Morgan fingerprint density at radius 2 is 1.65 bits per heavy atom. The Hall–Kier alpha value is -0.120. The van der Waals surface area contributed by atoms with Gasteiger partial charge in [-0.3, -0.25) is 0 Å². The first-order valence-electron chi connectivity index (χ1n) is 8.29. The van der Waals surface area contributed by atoms with Gasteiger partial charge in [-0.2, -0.15) is 0 Å². The predicted octanol–water partition coefficient (Wildman–Crippen LogP) is 3.27. The van der Waals surface area contributed by atoms with Crippen LogP contribution in [0.15, 0.2) is 0 Å². The Kier molecular flexibility index (Phi) is 8.96. The van der Waals surface area contributed by atoms with Crippen molar-refractivity contribution in [2.24, 2.45) is 5.41 Å². The van der Waals surface area contributed by atoms with Crippen molar-refractivity contribution >= 4 is 0 Å². The molecule has 0 aliphatic carbocycles. The minimum absolute atomic E-state index is 0.170. The second kappa shape index (κ2) is 9.01. The van der Waals surface area contributed by atoms with E-state index in [1.54, 1.807) is 0 Å². The van der Waals surface area contributed by atoms with Crippen LogP contribution in [-0.2, 0) is 0 Å². The van der Waals surface area contributed by atoms with Crippen molar-refractivity contribution in [3.63, 3.8) is 0 Å². The van der Waals surface area contributed by atoms with Crippen LogP contribution in [0.4, 0.5) is 0 Å². The van der Waals surface area contributed by atoms with E-state index in [0.29, 0.717) is 11.5 Å². The second-order valence-electron chi connectivity index (χ2n) is 7.45. The Morgan fingerprint density at radius 3 is 2.00 bits per heavy atom. The van der Waals surface area contributed by atoms with E-state index in [1.165, 1.54) is 12.8 Å². The van der Waals surface area contributed by atoms with Crippen LogP contribution >= 0.6 is 0 Å². The Labute approximate surface area is 127 Å². The van der Waals surface area contributed by atoms with Crippen molar-refractivity contribution in [2.75, 3.05) is 26.2 Å². The third-order valence-electron chi connectivity index (χ3n) is 4.37. The van der Waals surface area contributed by atoms with Crippen LogP contribution in [0, 0.1) is 5.41 Å². The first-order valence-corrected chi connectivity index (χ1v) is 8.29. The molecule has 3 nitrogen and oxygen atoms in total. The van der Waals surface area contributed by atoms with Gasteiger partial charge in [0, 0.05) is 37.8 Å². The number of hydrogen-bond donors (Lipinski definition) is 2. The zero-order valence-electron chi connectivity index (χ0n) is 14.9. The molecule has 122 valence electrons. The zero-order chi connectivity index (χ0) is 15.8. The topological polar surface area (TPSA) is 35.5 Å². The third kappa shape index (κ3) is 7.61. The molecule has 0 saturated heterocycles. The molecule has 0 aromatic carbocycles. The number of aliphatic hydroxyl groups excluding tert-OH is 1. The normalized spacial score (nSPS) is 13.5. The summed E-state index contributed by atoms with van der Waals surface area (Å²) >= 11 is 0. The average Bonchev–Trinajstić information content (AvgIpc) is 2.37. The van der Waals surface area contributed by atoms with Crippen LogP contribution < -0.4 is 5.32 Å². The predicted molar refractivity (Wildman–Crippen MR) is 89.2 cm³/mol. The molecule has 0 heterocycles. The highest BCUT2D eigenvalue weighted by molar-refractivity contribution is 4.86. The van der Waals surface area contributed by atoms with Crippen LogP contribution in [-0.4, -0.2) is 47.8 Å². The highest BCUT2D eigenvalue weighted by Gasteiger charge is 2.30. The molecular formula is C17H38N2O. The molecule has 0 aromatic rings. The molecular weight excluding hydrogens is 248 g/mol. The van der Waals surface area contributed by atoms with Crippen LogP contribution in [0.5, 0.6) is 0 Å². The van der Waals surface area contributed by atoms with E-state index in [9.17, 15) is 0 Å². The molecule has 20 heavy (non-hydrogen) atoms. The van der Waals surface area contributed by atoms with Gasteiger partial charge in [0.25, 0.3) is 0 Å². The van der Waals surface area contributed by atoms with Crippen molar-refractivity contribution in [1.29, 1.82) is 0 Å². The molecule has 0 saturated carbocycles. The molecule has 0 amide bonds. The van der Waals surface area contributed by atoms with Gasteiger partial charge in [0.05, 0.1) is 0 Å². The van der Waals surface area contributed by atoms with Gasteiger partial charge in [0.15, 0.2) is 0 Å². The molecule has 0 aromatic heterocycles. The quantitative estimate of drug-likeness (QED) is 0.647. The van der Waals surface area contributed by atoms with E-state index in [2.05, 4.69) is 58.7 Å². The lowest BCUT2D eigenvalue weighted by molar-refractivity contribution is 0.0967. The lowest BCUT2D eigenvalue weighted by atomic mass is 9.80. The van der Waals surface area contributed by atoms with Gasteiger partial charge in [-0.15, -0.1) is 0 Å². The molecule has 0 spiro atoms. The van der Waals surface area contributed by atoms with E-state index in [-0.39, 0.29) is 12.1 Å². The van der Waals surface area contributed by atoms with Gasteiger partial charge in [0.1, 0.15) is 0 Å². The first kappa shape index (κ1) is 19.9. The SMILES string of the molecule is CCC(CC)(CNC(C)(C)C)CN(CCCO)C(C)C. The summed E-state index contributed by atoms with van der Waals surface area (Å²) in [7, 11) is 0. The largest absolute Gasteiger partial charge is 0.396 e. The summed E-state index contributed by atoms with van der Waals surface area (Å²) in [5.41, 5.74) is 0.496. The molecule has 0 aliphatic heterocycles. The number of hydrogen-bond acceptors (Lipinski definition) is 3. The minimum Gasteiger partial charge on any atom is -0.396 e. The number of aliphatic hydroxyl groups is 1. The summed E-state index contributed by atoms with van der Waals surface area (Å²) in [6.45, 7) is 19.3. The fraction of sp³-hybridized carbons (Fsp3) is 1.00. The van der Waals surface area contributed by atoms with Gasteiger partial charge in [-0.25, -0.2) is 0 Å². The lowest BCUT2D eigenvalue weighted by Gasteiger charge is -2.41. The average molecular weight is 287 g/mol. The summed E-state index contributed by atoms with van der Waals surface area (Å²) in [5.74, 6) is 0. The molecule has 0 radical (unpaired) electrons. The molecule has 3 heteroatoms. The standard InChI is InChI=1S/C17H38N2O/c1-8-17(9-2,13-18-16(5,6)7)14-19(15(3)4)11-10-12-20/h15,18,20H,8-14H2,1-7H3. The summed E-state index contributed by atoms with van der Waals surface area (Å²) in [5, 5.41) is 12.8. The fourth-order valence-corrected chi connectivity index (χ4v) is 2.46. The van der Waals surface area contributed by atoms with Crippen LogP contribution in [0.2, 0.25) is 0 Å². The Bertz CT molecular complexity index is 242. The molecule has 0 aliphatic rings. The van der Waals surface area contributed by atoms with Gasteiger partial charge in [-0.1, -0.05) is 13.8 Å². The van der Waals surface area contributed by atoms with Crippen LogP contribution in [0.25, 0.3) is 0 Å². The van der Waals surface area contributed by atoms with Crippen molar-refractivity contribution in [2.45, 2.75) is 79.3 Å². The Balaban J connectivity index is 4.76. The van der Waals surface area contributed by atoms with Crippen molar-refractivity contribution < 1.29 is 5.11 Å². The number of nitrogens with one attached hydrogen (secondary N) is 1. The van der Waals surface area contributed by atoms with Crippen LogP contribution in [0.1, 0.15) is 67.7 Å². The second-order valence-corrected chi connectivity index (χ2v) is 7.45.